The number of ether oxygens (including phenoxy) is 2. The van der Waals surface area contributed by atoms with E-state index in [1.165, 1.54) is 14.2 Å². The molecule has 10 nitrogen and oxygen atoms in total. The van der Waals surface area contributed by atoms with Crippen molar-refractivity contribution in [1.82, 2.24) is 29.9 Å². The number of nitrogens with one attached hydrogen (secondary N) is 1. The van der Waals surface area contributed by atoms with E-state index in [4.69, 9.17) is 14.5 Å². The van der Waals surface area contributed by atoms with E-state index in [-0.39, 0.29) is 22.9 Å². The summed E-state index contributed by atoms with van der Waals surface area (Å²) >= 11 is 0. The highest BCUT2D eigenvalue weighted by molar-refractivity contribution is 5.99. The van der Waals surface area contributed by atoms with E-state index >= 15 is 0 Å². The van der Waals surface area contributed by atoms with Crippen LogP contribution in [0.15, 0.2) is 53.3 Å². The first kappa shape index (κ1) is 22.6. The second kappa shape index (κ2) is 9.57. The molecule has 0 unspecified atom stereocenters. The molecule has 1 N–H and O–H groups in total. The Kier molecular flexibility index (Phi) is 6.17. The maximum atomic E-state index is 13.5. The van der Waals surface area contributed by atoms with Gasteiger partial charge < -0.3 is 19.4 Å². The lowest BCUT2D eigenvalue weighted by molar-refractivity contribution is 0.0697. The monoisotopic (exact) mass is 474 g/mol. The number of likely N-dealkylation sites (tertiary alicyclic amines) is 1. The summed E-state index contributed by atoms with van der Waals surface area (Å²) in [5, 5.41) is 8.19. The zero-order chi connectivity index (χ0) is 24.4. The third kappa shape index (κ3) is 4.34. The van der Waals surface area contributed by atoms with Gasteiger partial charge in [0.2, 0.25) is 0 Å². The van der Waals surface area contributed by atoms with Gasteiger partial charge in [-0.05, 0) is 30.5 Å². The molecule has 3 heterocycles. The van der Waals surface area contributed by atoms with Gasteiger partial charge in [0.05, 0.1) is 20.8 Å². The first-order chi connectivity index (χ1) is 17.1. The molecule has 1 aliphatic heterocycles. The van der Waals surface area contributed by atoms with E-state index in [9.17, 15) is 9.59 Å². The molecule has 10 heteroatoms. The van der Waals surface area contributed by atoms with Crippen LogP contribution in [0.4, 0.5) is 0 Å². The number of benzene rings is 2. The van der Waals surface area contributed by atoms with Crippen LogP contribution < -0.4 is 15.0 Å². The van der Waals surface area contributed by atoms with Gasteiger partial charge in [0.25, 0.3) is 11.5 Å². The smallest absolute Gasteiger partial charge is 0.281 e. The van der Waals surface area contributed by atoms with Crippen molar-refractivity contribution in [3.63, 3.8) is 0 Å². The molecule has 4 aromatic rings. The SMILES string of the molecule is COc1cccc(OC)c1C(=O)N1CCC[C@@H](c2nc3c(nnn3Cc3ccccc3)c(=O)[nH]2)C1. The van der Waals surface area contributed by atoms with Crippen molar-refractivity contribution in [2.24, 2.45) is 0 Å². The third-order valence-corrected chi connectivity index (χ3v) is 6.30. The van der Waals surface area contributed by atoms with Crippen LogP contribution in [-0.4, -0.2) is 63.1 Å². The number of aromatic amines is 1. The topological polar surface area (TPSA) is 115 Å². The first-order valence-corrected chi connectivity index (χ1v) is 11.5. The van der Waals surface area contributed by atoms with Crippen molar-refractivity contribution in [3.05, 3.63) is 75.8 Å². The molecule has 1 atom stereocenters. The average molecular weight is 475 g/mol. The Labute approximate surface area is 201 Å². The van der Waals surface area contributed by atoms with Gasteiger partial charge in [-0.25, -0.2) is 9.67 Å². The molecule has 0 bridgehead atoms. The average Bonchev–Trinajstić information content (AvgIpc) is 3.31. The third-order valence-electron chi connectivity index (χ3n) is 6.30. The molecule has 1 saturated heterocycles. The van der Waals surface area contributed by atoms with Gasteiger partial charge in [-0.1, -0.05) is 41.6 Å². The Morgan fingerprint density at radius 3 is 2.54 bits per heavy atom. The molecule has 1 fully saturated rings. The number of methoxy groups -OCH3 is 2. The quantitative estimate of drug-likeness (QED) is 0.457. The maximum Gasteiger partial charge on any atom is 0.281 e. The molecular weight excluding hydrogens is 448 g/mol. The van der Waals surface area contributed by atoms with E-state index in [0.717, 1.165) is 18.4 Å². The largest absolute Gasteiger partial charge is 0.496 e. The maximum absolute atomic E-state index is 13.5. The molecule has 2 aromatic heterocycles. The van der Waals surface area contributed by atoms with Crippen LogP contribution in [-0.2, 0) is 6.54 Å². The molecule has 1 aliphatic rings. The molecule has 0 radical (unpaired) electrons. The summed E-state index contributed by atoms with van der Waals surface area (Å²) in [7, 11) is 3.06. The summed E-state index contributed by atoms with van der Waals surface area (Å²) < 4.78 is 12.5. The van der Waals surface area contributed by atoms with Crippen LogP contribution >= 0.6 is 0 Å². The fraction of sp³-hybridized carbons (Fsp3) is 0.320. The number of carbonyl (C=O) groups is 1. The molecule has 0 aliphatic carbocycles. The Morgan fingerprint density at radius 1 is 1.09 bits per heavy atom. The summed E-state index contributed by atoms with van der Waals surface area (Å²) in [5.41, 5.74) is 1.72. The molecule has 1 amide bonds. The summed E-state index contributed by atoms with van der Waals surface area (Å²) in [6.07, 6.45) is 1.57. The lowest BCUT2D eigenvalue weighted by Gasteiger charge is -2.32. The van der Waals surface area contributed by atoms with Crippen molar-refractivity contribution in [3.8, 4) is 11.5 Å². The predicted octanol–water partition coefficient (Wildman–Crippen LogP) is 2.60. The van der Waals surface area contributed by atoms with Crippen molar-refractivity contribution in [2.45, 2.75) is 25.3 Å². The Balaban J connectivity index is 1.44. The number of rotatable bonds is 6. The van der Waals surface area contributed by atoms with Crippen molar-refractivity contribution < 1.29 is 14.3 Å². The van der Waals surface area contributed by atoms with Gasteiger partial charge in [0.15, 0.2) is 11.2 Å². The zero-order valence-electron chi connectivity index (χ0n) is 19.6. The summed E-state index contributed by atoms with van der Waals surface area (Å²) in [6.45, 7) is 1.46. The van der Waals surface area contributed by atoms with E-state index < -0.39 is 0 Å². The molecule has 180 valence electrons. The molecule has 2 aromatic carbocycles. The number of H-pyrrole nitrogens is 1. The highest BCUT2D eigenvalue weighted by atomic mass is 16.5. The normalized spacial score (nSPS) is 15.8. The van der Waals surface area contributed by atoms with Crippen LogP contribution in [0.25, 0.3) is 11.2 Å². The highest BCUT2D eigenvalue weighted by Gasteiger charge is 2.31. The van der Waals surface area contributed by atoms with Crippen LogP contribution in [0.1, 0.15) is 40.5 Å². The van der Waals surface area contributed by atoms with Crippen LogP contribution in [0.3, 0.4) is 0 Å². The van der Waals surface area contributed by atoms with Crippen molar-refractivity contribution >= 4 is 17.1 Å². The Morgan fingerprint density at radius 2 is 1.83 bits per heavy atom. The fourth-order valence-electron chi connectivity index (χ4n) is 4.54. The number of nitrogens with zero attached hydrogens (tertiary/aromatic N) is 5. The molecule has 0 saturated carbocycles. The predicted molar refractivity (Wildman–Crippen MR) is 129 cm³/mol. The Bertz CT molecular complexity index is 1390. The lowest BCUT2D eigenvalue weighted by atomic mass is 9.96. The number of aromatic nitrogens is 5. The highest BCUT2D eigenvalue weighted by Crippen LogP contribution is 2.32. The number of amides is 1. The van der Waals surface area contributed by atoms with E-state index in [1.54, 1.807) is 27.8 Å². The van der Waals surface area contributed by atoms with E-state index in [0.29, 0.717) is 48.2 Å². The number of hydrogen-bond donors (Lipinski definition) is 1. The summed E-state index contributed by atoms with van der Waals surface area (Å²) in [6, 6.07) is 15.1. The molecule has 5 rings (SSSR count). The fourth-order valence-corrected chi connectivity index (χ4v) is 4.54. The van der Waals surface area contributed by atoms with E-state index in [1.807, 2.05) is 30.3 Å². The van der Waals surface area contributed by atoms with Crippen LogP contribution in [0.5, 0.6) is 11.5 Å². The van der Waals surface area contributed by atoms with Gasteiger partial charge in [0, 0.05) is 19.0 Å². The minimum atomic E-state index is -0.334. The van der Waals surface area contributed by atoms with Gasteiger partial charge in [-0.15, -0.1) is 5.10 Å². The van der Waals surface area contributed by atoms with Gasteiger partial charge in [0.1, 0.15) is 22.9 Å². The van der Waals surface area contributed by atoms with Gasteiger partial charge in [-0.3, -0.25) is 9.59 Å². The number of fused-ring (bicyclic) bond motifs is 1. The van der Waals surface area contributed by atoms with Crippen molar-refractivity contribution in [1.29, 1.82) is 0 Å². The summed E-state index contributed by atoms with van der Waals surface area (Å²) in [5.74, 6) is 1.14. The van der Waals surface area contributed by atoms with Crippen LogP contribution in [0, 0.1) is 0 Å². The lowest BCUT2D eigenvalue weighted by Crippen LogP contribution is -2.40. The standard InChI is InChI=1S/C25H26N6O4/c1-34-18-11-6-12-19(35-2)20(18)25(33)30-13-7-10-17(15-30)22-26-23-21(24(32)27-22)28-29-31(23)14-16-8-4-3-5-9-16/h3-6,8-9,11-12,17H,7,10,13-15H2,1-2H3,(H,26,27,32)/t17-/m1/s1. The van der Waals surface area contributed by atoms with Gasteiger partial charge >= 0.3 is 0 Å². The number of carbonyl (C=O) groups excluding carboxylic acids is 1. The minimum Gasteiger partial charge on any atom is -0.496 e. The molecular formula is C25H26N6O4. The van der Waals surface area contributed by atoms with Crippen molar-refractivity contribution in [2.75, 3.05) is 27.3 Å². The summed E-state index contributed by atoms with van der Waals surface area (Å²) in [4.78, 5) is 35.6. The van der Waals surface area contributed by atoms with Crippen LogP contribution in [0.2, 0.25) is 0 Å². The van der Waals surface area contributed by atoms with Gasteiger partial charge in [-0.2, -0.15) is 0 Å². The number of hydrogen-bond acceptors (Lipinski definition) is 7. The first-order valence-electron chi connectivity index (χ1n) is 11.5. The zero-order valence-corrected chi connectivity index (χ0v) is 19.6. The molecule has 35 heavy (non-hydrogen) atoms. The minimum absolute atomic E-state index is 0.134. The second-order valence-electron chi connectivity index (χ2n) is 8.48. The Hall–Kier alpha value is -4.21. The van der Waals surface area contributed by atoms with E-state index in [2.05, 4.69) is 15.3 Å². The number of piperidine rings is 1. The molecule has 0 spiro atoms. The second-order valence-corrected chi connectivity index (χ2v) is 8.48.